The van der Waals surface area contributed by atoms with Crippen molar-refractivity contribution in [1.29, 1.82) is 0 Å². The van der Waals surface area contributed by atoms with Crippen LogP contribution in [-0.2, 0) is 18.9 Å². The zero-order valence-electron chi connectivity index (χ0n) is 21.5. The molecule has 3 rings (SSSR count). The average Bonchev–Trinajstić information content (AvgIpc) is 3.48. The molecular formula is C24H34N8O3S. The number of thiazole rings is 1. The highest BCUT2D eigenvalue weighted by molar-refractivity contribution is 7.16. The summed E-state index contributed by atoms with van der Waals surface area (Å²) >= 11 is 1.26. The second-order valence-corrected chi connectivity index (χ2v) is 10.1. The molecule has 0 bridgehead atoms. The predicted molar refractivity (Wildman–Crippen MR) is 144 cm³/mol. The van der Waals surface area contributed by atoms with Gasteiger partial charge in [-0.25, -0.2) is 4.98 Å². The first-order valence-electron chi connectivity index (χ1n) is 11.6. The van der Waals surface area contributed by atoms with E-state index in [2.05, 4.69) is 31.2 Å². The van der Waals surface area contributed by atoms with Crippen LogP contribution in [0.1, 0.15) is 52.0 Å². The van der Waals surface area contributed by atoms with E-state index in [1.54, 1.807) is 23.9 Å². The van der Waals surface area contributed by atoms with E-state index < -0.39 is 5.91 Å². The number of hydrogen-bond acceptors (Lipinski definition) is 7. The molecule has 0 unspecified atom stereocenters. The van der Waals surface area contributed by atoms with E-state index in [1.807, 2.05) is 51.8 Å². The summed E-state index contributed by atoms with van der Waals surface area (Å²) in [6.45, 7) is 5.72. The number of aromatic nitrogens is 3. The minimum atomic E-state index is -0.403. The monoisotopic (exact) mass is 514 g/mol. The summed E-state index contributed by atoms with van der Waals surface area (Å²) in [7, 11) is 7.74. The number of amides is 3. The van der Waals surface area contributed by atoms with E-state index in [0.717, 1.165) is 30.2 Å². The fourth-order valence-corrected chi connectivity index (χ4v) is 4.59. The highest BCUT2D eigenvalue weighted by Crippen LogP contribution is 2.30. The smallest absolute Gasteiger partial charge is 0.275 e. The predicted octanol–water partition coefficient (Wildman–Crippen LogP) is 3.38. The second kappa shape index (κ2) is 11.9. The number of rotatable bonds is 12. The van der Waals surface area contributed by atoms with Crippen LogP contribution in [0.15, 0.2) is 24.5 Å². The topological polar surface area (TPSA) is 125 Å². The molecule has 12 heteroatoms. The lowest BCUT2D eigenvalue weighted by molar-refractivity contribution is -0.105. The SMILES string of the molecule is CC(C)c1sc(NC=O)nc1C(=O)Nc1cc(C(=O)Nc2cc(NCCCN(C)C)n(C)c2)n(C)c1. The lowest BCUT2D eigenvalue weighted by Gasteiger charge is -2.10. The number of nitrogens with one attached hydrogen (secondary N) is 4. The molecule has 0 aliphatic heterocycles. The Bertz CT molecular complexity index is 1220. The number of anilines is 4. The largest absolute Gasteiger partial charge is 0.371 e. The Hall–Kier alpha value is -3.64. The number of hydrogen-bond donors (Lipinski definition) is 4. The Morgan fingerprint density at radius 3 is 2.42 bits per heavy atom. The van der Waals surface area contributed by atoms with Crippen molar-refractivity contribution in [2.45, 2.75) is 26.2 Å². The summed E-state index contributed by atoms with van der Waals surface area (Å²) in [5.74, 6) is 0.272. The van der Waals surface area contributed by atoms with Crippen molar-refractivity contribution in [1.82, 2.24) is 19.0 Å². The van der Waals surface area contributed by atoms with Gasteiger partial charge in [-0.15, -0.1) is 11.3 Å². The lowest BCUT2D eigenvalue weighted by atomic mass is 10.1. The van der Waals surface area contributed by atoms with E-state index >= 15 is 0 Å². The van der Waals surface area contributed by atoms with Gasteiger partial charge >= 0.3 is 0 Å². The maximum Gasteiger partial charge on any atom is 0.275 e. The van der Waals surface area contributed by atoms with Crippen molar-refractivity contribution in [3.05, 3.63) is 40.8 Å². The van der Waals surface area contributed by atoms with Crippen molar-refractivity contribution in [3.63, 3.8) is 0 Å². The van der Waals surface area contributed by atoms with E-state index in [0.29, 0.717) is 28.6 Å². The van der Waals surface area contributed by atoms with Gasteiger partial charge in [0.05, 0.1) is 11.4 Å². The van der Waals surface area contributed by atoms with Crippen molar-refractivity contribution in [2.75, 3.05) is 48.5 Å². The number of nitrogens with zero attached hydrogens (tertiary/aromatic N) is 4. The summed E-state index contributed by atoms with van der Waals surface area (Å²) in [5.41, 5.74) is 1.78. The van der Waals surface area contributed by atoms with Crippen LogP contribution >= 0.6 is 11.3 Å². The molecule has 194 valence electrons. The summed E-state index contributed by atoms with van der Waals surface area (Å²) in [6, 6.07) is 3.50. The molecule has 0 atom stereocenters. The molecule has 0 aliphatic carbocycles. The van der Waals surface area contributed by atoms with E-state index in [9.17, 15) is 14.4 Å². The molecule has 0 aromatic carbocycles. The van der Waals surface area contributed by atoms with Crippen molar-refractivity contribution in [2.24, 2.45) is 14.1 Å². The van der Waals surface area contributed by atoms with Gasteiger partial charge < -0.3 is 35.3 Å². The summed E-state index contributed by atoms with van der Waals surface area (Å²) in [6.07, 6.45) is 5.05. The van der Waals surface area contributed by atoms with Gasteiger partial charge in [0.15, 0.2) is 5.13 Å². The molecule has 3 aromatic rings. The Kier molecular flexibility index (Phi) is 8.88. The van der Waals surface area contributed by atoms with Crippen LogP contribution in [0, 0.1) is 0 Å². The number of carbonyl (C=O) groups is 3. The third-order valence-corrected chi connectivity index (χ3v) is 6.71. The van der Waals surface area contributed by atoms with Gasteiger partial charge in [0.2, 0.25) is 6.41 Å². The zero-order valence-corrected chi connectivity index (χ0v) is 22.3. The van der Waals surface area contributed by atoms with E-state index in [1.165, 1.54) is 11.3 Å². The van der Waals surface area contributed by atoms with Gasteiger partial charge in [0.25, 0.3) is 11.8 Å². The molecule has 3 aromatic heterocycles. The van der Waals surface area contributed by atoms with E-state index in [4.69, 9.17) is 0 Å². The van der Waals surface area contributed by atoms with Gasteiger partial charge in [-0.1, -0.05) is 13.8 Å². The third kappa shape index (κ3) is 6.73. The molecule has 4 N–H and O–H groups in total. The summed E-state index contributed by atoms with van der Waals surface area (Å²) < 4.78 is 3.58. The maximum absolute atomic E-state index is 12.9. The zero-order chi connectivity index (χ0) is 26.4. The highest BCUT2D eigenvalue weighted by Gasteiger charge is 2.22. The normalized spacial score (nSPS) is 11.1. The highest BCUT2D eigenvalue weighted by atomic mass is 32.1. The molecular weight excluding hydrogens is 480 g/mol. The van der Waals surface area contributed by atoms with Crippen LogP contribution in [0.4, 0.5) is 22.3 Å². The second-order valence-electron chi connectivity index (χ2n) is 9.09. The van der Waals surface area contributed by atoms with Gasteiger partial charge in [-0.3, -0.25) is 14.4 Å². The van der Waals surface area contributed by atoms with Crippen LogP contribution in [0.5, 0.6) is 0 Å². The molecule has 3 heterocycles. The first-order valence-corrected chi connectivity index (χ1v) is 12.5. The van der Waals surface area contributed by atoms with E-state index in [-0.39, 0.29) is 17.5 Å². The van der Waals surface area contributed by atoms with Crippen molar-refractivity contribution in [3.8, 4) is 0 Å². The lowest BCUT2D eigenvalue weighted by Crippen LogP contribution is -2.16. The Morgan fingerprint density at radius 1 is 1.08 bits per heavy atom. The molecule has 36 heavy (non-hydrogen) atoms. The number of carbonyl (C=O) groups excluding carboxylic acids is 3. The van der Waals surface area contributed by atoms with Crippen LogP contribution in [0.3, 0.4) is 0 Å². The Morgan fingerprint density at radius 2 is 1.75 bits per heavy atom. The van der Waals surface area contributed by atoms with Crippen LogP contribution in [0.2, 0.25) is 0 Å². The third-order valence-electron chi connectivity index (χ3n) is 5.42. The summed E-state index contributed by atoms with van der Waals surface area (Å²) in [5, 5.41) is 12.0. The van der Waals surface area contributed by atoms with Crippen molar-refractivity contribution >= 4 is 51.9 Å². The van der Waals surface area contributed by atoms with Crippen LogP contribution in [-0.4, -0.2) is 64.4 Å². The number of aryl methyl sites for hydroxylation is 2. The molecule has 0 aliphatic rings. The fourth-order valence-electron chi connectivity index (χ4n) is 3.66. The quantitative estimate of drug-likeness (QED) is 0.217. The van der Waals surface area contributed by atoms with Gasteiger partial charge in [0, 0.05) is 44.0 Å². The van der Waals surface area contributed by atoms with Gasteiger partial charge in [-0.05, 0) is 39.0 Å². The first-order chi connectivity index (χ1) is 17.1. The van der Waals surface area contributed by atoms with Crippen LogP contribution < -0.4 is 21.3 Å². The fraction of sp³-hybridized carbons (Fsp3) is 0.417. The molecule has 0 spiro atoms. The molecule has 0 fully saturated rings. The summed E-state index contributed by atoms with van der Waals surface area (Å²) in [4.78, 5) is 43.8. The van der Waals surface area contributed by atoms with Gasteiger partial charge in [0.1, 0.15) is 17.2 Å². The first kappa shape index (κ1) is 27.0. The Balaban J connectivity index is 1.66. The standard InChI is InChI=1S/C24H34N8O3S/c1-15(2)21-20(29-24(36-21)26-14-33)23(35)28-16-10-18(31(5)12-16)22(34)27-17-11-19(32(6)13-17)25-8-7-9-30(3)4/h10-15,25H,7-9H2,1-6H3,(H,27,34)(H,28,35)(H,26,29,33). The minimum absolute atomic E-state index is 0.0563. The minimum Gasteiger partial charge on any atom is -0.371 e. The molecule has 0 saturated heterocycles. The van der Waals surface area contributed by atoms with Crippen molar-refractivity contribution < 1.29 is 14.4 Å². The Labute approximate surface area is 214 Å². The molecule has 0 saturated carbocycles. The average molecular weight is 515 g/mol. The molecule has 11 nitrogen and oxygen atoms in total. The molecule has 3 amide bonds. The van der Waals surface area contributed by atoms with Gasteiger partial charge in [-0.2, -0.15) is 0 Å². The van der Waals surface area contributed by atoms with Crippen LogP contribution in [0.25, 0.3) is 0 Å². The molecule has 0 radical (unpaired) electrons. The maximum atomic E-state index is 12.9.